The van der Waals surface area contributed by atoms with Gasteiger partial charge in [0.15, 0.2) is 0 Å². The zero-order chi connectivity index (χ0) is 12.9. The molecule has 2 aliphatic rings. The maximum absolute atomic E-state index is 5.36. The molecular formula is C14H18N4O. The highest BCUT2D eigenvalue weighted by atomic mass is 16.5. The van der Waals surface area contributed by atoms with Crippen molar-refractivity contribution in [1.82, 2.24) is 0 Å². The lowest BCUT2D eigenvalue weighted by atomic mass is 10.2. The molecule has 2 heterocycles. The second kappa shape index (κ2) is 5.84. The van der Waals surface area contributed by atoms with Gasteiger partial charge >= 0.3 is 0 Å². The van der Waals surface area contributed by atoms with Gasteiger partial charge in [-0.2, -0.15) is 0 Å². The molecule has 3 rings (SSSR count). The molecule has 0 atom stereocenters. The van der Waals surface area contributed by atoms with Gasteiger partial charge < -0.3 is 15.0 Å². The van der Waals surface area contributed by atoms with Crippen LogP contribution in [0.5, 0.6) is 0 Å². The summed E-state index contributed by atoms with van der Waals surface area (Å²) in [7, 11) is 0. The summed E-state index contributed by atoms with van der Waals surface area (Å²) in [5, 5.41) is 3.22. The summed E-state index contributed by atoms with van der Waals surface area (Å²) >= 11 is 0. The van der Waals surface area contributed by atoms with Gasteiger partial charge in [-0.1, -0.05) is 0 Å². The third kappa shape index (κ3) is 3.12. The Hall–Kier alpha value is -1.88. The fourth-order valence-corrected chi connectivity index (χ4v) is 2.20. The molecule has 0 aliphatic carbocycles. The van der Waals surface area contributed by atoms with Crippen molar-refractivity contribution in [3.8, 4) is 0 Å². The molecule has 1 N–H and O–H groups in total. The first-order chi connectivity index (χ1) is 9.42. The summed E-state index contributed by atoms with van der Waals surface area (Å²) in [5.74, 6) is 0.699. The lowest BCUT2D eigenvalue weighted by molar-refractivity contribution is 0.122. The van der Waals surface area contributed by atoms with E-state index in [4.69, 9.17) is 4.74 Å². The Labute approximate surface area is 113 Å². The quantitative estimate of drug-likeness (QED) is 0.879. The fourth-order valence-electron chi connectivity index (χ4n) is 2.20. The zero-order valence-corrected chi connectivity index (χ0v) is 10.9. The highest BCUT2D eigenvalue weighted by molar-refractivity contribution is 5.99. The first-order valence-electron chi connectivity index (χ1n) is 6.68. The van der Waals surface area contributed by atoms with Gasteiger partial charge in [0.05, 0.1) is 13.2 Å². The van der Waals surface area contributed by atoms with Crippen LogP contribution in [0.2, 0.25) is 0 Å². The van der Waals surface area contributed by atoms with Crippen molar-refractivity contribution in [2.45, 2.75) is 6.42 Å². The molecule has 1 fully saturated rings. The van der Waals surface area contributed by atoms with E-state index in [0.29, 0.717) is 5.96 Å². The fraction of sp³-hybridized carbons (Fsp3) is 0.429. The minimum absolute atomic E-state index is 0.699. The molecule has 1 aromatic rings. The monoisotopic (exact) mass is 258 g/mol. The van der Waals surface area contributed by atoms with Crippen LogP contribution in [-0.4, -0.2) is 45.0 Å². The molecule has 0 bridgehead atoms. The summed E-state index contributed by atoms with van der Waals surface area (Å²) in [4.78, 5) is 10.9. The Kier molecular flexibility index (Phi) is 3.74. The minimum Gasteiger partial charge on any atom is -0.378 e. The Bertz CT molecular complexity index is 475. The van der Waals surface area contributed by atoms with Gasteiger partial charge in [0.25, 0.3) is 0 Å². The predicted molar refractivity (Wildman–Crippen MR) is 78.5 cm³/mol. The maximum Gasteiger partial charge on any atom is 0.222 e. The molecule has 5 nitrogen and oxygen atoms in total. The molecule has 0 spiro atoms. The van der Waals surface area contributed by atoms with E-state index in [1.807, 2.05) is 6.21 Å². The minimum atomic E-state index is 0.699. The Morgan fingerprint density at radius 1 is 1.11 bits per heavy atom. The number of morpholine rings is 1. The Morgan fingerprint density at radius 2 is 1.89 bits per heavy atom. The topological polar surface area (TPSA) is 49.2 Å². The summed E-state index contributed by atoms with van der Waals surface area (Å²) in [6.45, 7) is 4.36. The van der Waals surface area contributed by atoms with E-state index in [1.165, 1.54) is 5.69 Å². The molecule has 0 saturated carbocycles. The van der Waals surface area contributed by atoms with Gasteiger partial charge in [-0.3, -0.25) is 4.99 Å². The highest BCUT2D eigenvalue weighted by Crippen LogP contribution is 2.19. The number of ether oxygens (including phenoxy) is 1. The second-order valence-corrected chi connectivity index (χ2v) is 4.58. The standard InChI is InChI=1S/C14H18N4O/c1-6-15-14(16-7-1)17-12-2-4-13(5-3-12)18-8-10-19-11-9-18/h2-6H,1,7-11H2,(H,16,17). The largest absolute Gasteiger partial charge is 0.378 e. The maximum atomic E-state index is 5.36. The van der Waals surface area contributed by atoms with Crippen LogP contribution in [0.4, 0.5) is 11.4 Å². The van der Waals surface area contributed by atoms with Crippen LogP contribution in [0.1, 0.15) is 6.42 Å². The van der Waals surface area contributed by atoms with Crippen LogP contribution >= 0.6 is 0 Å². The van der Waals surface area contributed by atoms with E-state index in [-0.39, 0.29) is 0 Å². The van der Waals surface area contributed by atoms with E-state index >= 15 is 0 Å². The van der Waals surface area contributed by atoms with E-state index < -0.39 is 0 Å². The van der Waals surface area contributed by atoms with Crippen molar-refractivity contribution in [3.05, 3.63) is 24.3 Å². The third-order valence-electron chi connectivity index (χ3n) is 3.23. The first-order valence-corrected chi connectivity index (χ1v) is 6.68. The summed E-state index contributed by atoms with van der Waals surface area (Å²) in [6, 6.07) is 8.39. The number of guanidine groups is 1. The molecule has 19 heavy (non-hydrogen) atoms. The molecule has 100 valence electrons. The van der Waals surface area contributed by atoms with Crippen molar-refractivity contribution < 1.29 is 4.74 Å². The number of nitrogens with one attached hydrogen (secondary N) is 1. The van der Waals surface area contributed by atoms with Crippen LogP contribution in [0.3, 0.4) is 0 Å². The molecular weight excluding hydrogens is 240 g/mol. The third-order valence-corrected chi connectivity index (χ3v) is 3.23. The lowest BCUT2D eigenvalue weighted by Crippen LogP contribution is -2.36. The number of hydrogen-bond donors (Lipinski definition) is 1. The summed E-state index contributed by atoms with van der Waals surface area (Å²) in [5.41, 5.74) is 2.26. The lowest BCUT2D eigenvalue weighted by Gasteiger charge is -2.28. The van der Waals surface area contributed by atoms with Crippen molar-refractivity contribution >= 4 is 23.5 Å². The van der Waals surface area contributed by atoms with Crippen molar-refractivity contribution in [3.63, 3.8) is 0 Å². The number of benzene rings is 1. The number of anilines is 2. The molecule has 1 aromatic carbocycles. The van der Waals surface area contributed by atoms with Crippen LogP contribution in [0.15, 0.2) is 34.3 Å². The zero-order valence-electron chi connectivity index (χ0n) is 10.9. The smallest absolute Gasteiger partial charge is 0.222 e. The van der Waals surface area contributed by atoms with E-state index in [1.54, 1.807) is 0 Å². The molecule has 0 unspecified atom stereocenters. The average molecular weight is 258 g/mol. The van der Waals surface area contributed by atoms with Crippen LogP contribution in [0.25, 0.3) is 0 Å². The Morgan fingerprint density at radius 3 is 2.58 bits per heavy atom. The number of hydrogen-bond acceptors (Lipinski definition) is 5. The van der Waals surface area contributed by atoms with Gasteiger partial charge in [0.2, 0.25) is 5.96 Å². The van der Waals surface area contributed by atoms with Crippen LogP contribution in [-0.2, 0) is 4.74 Å². The molecule has 0 amide bonds. The van der Waals surface area contributed by atoms with E-state index in [0.717, 1.165) is 45.0 Å². The number of rotatable bonds is 2. The molecule has 5 heteroatoms. The van der Waals surface area contributed by atoms with Gasteiger partial charge in [0, 0.05) is 43.6 Å². The normalized spacial score (nSPS) is 19.2. The van der Waals surface area contributed by atoms with Crippen LogP contribution < -0.4 is 10.2 Å². The first kappa shape index (κ1) is 12.2. The Balaban J connectivity index is 1.65. The van der Waals surface area contributed by atoms with Gasteiger partial charge in [-0.25, -0.2) is 4.99 Å². The summed E-state index contributed by atoms with van der Waals surface area (Å²) < 4.78 is 5.36. The number of nitrogens with zero attached hydrogens (tertiary/aromatic N) is 3. The van der Waals surface area contributed by atoms with Crippen molar-refractivity contribution in [1.29, 1.82) is 0 Å². The molecule has 1 saturated heterocycles. The van der Waals surface area contributed by atoms with Gasteiger partial charge in [0.1, 0.15) is 0 Å². The van der Waals surface area contributed by atoms with E-state index in [2.05, 4.69) is 44.5 Å². The second-order valence-electron chi connectivity index (χ2n) is 4.58. The molecule has 0 aromatic heterocycles. The predicted octanol–water partition coefficient (Wildman–Crippen LogP) is 1.77. The van der Waals surface area contributed by atoms with Gasteiger partial charge in [-0.05, 0) is 24.3 Å². The summed E-state index contributed by atoms with van der Waals surface area (Å²) in [6.07, 6.45) is 2.83. The molecule has 0 radical (unpaired) electrons. The van der Waals surface area contributed by atoms with Crippen LogP contribution in [0, 0.1) is 0 Å². The average Bonchev–Trinajstić information content (AvgIpc) is 2.50. The highest BCUT2D eigenvalue weighted by Gasteiger charge is 2.10. The van der Waals surface area contributed by atoms with Crippen molar-refractivity contribution in [2.24, 2.45) is 9.98 Å². The van der Waals surface area contributed by atoms with E-state index in [9.17, 15) is 0 Å². The van der Waals surface area contributed by atoms with Crippen molar-refractivity contribution in [2.75, 3.05) is 43.1 Å². The molecule has 2 aliphatic heterocycles. The number of aliphatic imine (C=N–C) groups is 2. The SMILES string of the molecule is C1=NC(Nc2ccc(N3CCOCC3)cc2)=NCC1. The van der Waals surface area contributed by atoms with Gasteiger partial charge in [-0.15, -0.1) is 0 Å².